The Kier molecular flexibility index (Phi) is 9.79. The number of carbonyl (C=O) groups excluding carboxylic acids is 6. The van der Waals surface area contributed by atoms with Gasteiger partial charge >= 0.3 is 23.9 Å². The number of likely N-dealkylation sites (tertiary alicyclic amines) is 1. The number of ether oxygens (including phenoxy) is 4. The first-order chi connectivity index (χ1) is 20.0. The summed E-state index contributed by atoms with van der Waals surface area (Å²) in [4.78, 5) is 82.0. The van der Waals surface area contributed by atoms with Crippen LogP contribution in [0.3, 0.4) is 0 Å². The van der Waals surface area contributed by atoms with E-state index < -0.39 is 64.3 Å². The number of Topliss-reactive ketones (excluding diaryl/α,β-unsaturated/α-hetero) is 1. The third kappa shape index (κ3) is 7.46. The van der Waals surface area contributed by atoms with Gasteiger partial charge in [0.15, 0.2) is 0 Å². The summed E-state index contributed by atoms with van der Waals surface area (Å²) >= 11 is 0. The van der Waals surface area contributed by atoms with E-state index in [1.54, 1.807) is 60.7 Å². The van der Waals surface area contributed by atoms with Crippen molar-refractivity contribution in [3.8, 4) is 0 Å². The van der Waals surface area contributed by atoms with Gasteiger partial charge in [0.2, 0.25) is 11.9 Å². The second-order valence-corrected chi connectivity index (χ2v) is 12.1. The van der Waals surface area contributed by atoms with Crippen molar-refractivity contribution in [2.45, 2.75) is 84.5 Å². The average Bonchev–Trinajstić information content (AvgIpc) is 2.90. The molecule has 3 rings (SSSR count). The van der Waals surface area contributed by atoms with Gasteiger partial charge in [-0.05, 0) is 59.6 Å². The average molecular weight is 596 g/mol. The number of amides is 1. The van der Waals surface area contributed by atoms with E-state index in [1.165, 1.54) is 41.5 Å². The minimum Gasteiger partial charge on any atom is -0.459 e. The van der Waals surface area contributed by atoms with E-state index >= 15 is 0 Å². The Hall–Kier alpha value is -4.54. The van der Waals surface area contributed by atoms with Crippen LogP contribution in [0, 0.1) is 5.92 Å². The van der Waals surface area contributed by atoms with Crippen LogP contribution >= 0.6 is 0 Å². The summed E-state index contributed by atoms with van der Waals surface area (Å²) in [6, 6.07) is 14.7. The highest BCUT2D eigenvalue weighted by Gasteiger charge is 2.77. The number of ketones is 1. The van der Waals surface area contributed by atoms with E-state index in [-0.39, 0.29) is 13.2 Å². The molecule has 1 fully saturated rings. The molecule has 230 valence electrons. The molecule has 0 radical (unpaired) electrons. The zero-order chi connectivity index (χ0) is 32.2. The van der Waals surface area contributed by atoms with Crippen molar-refractivity contribution in [2.24, 2.45) is 5.92 Å². The van der Waals surface area contributed by atoms with Gasteiger partial charge < -0.3 is 18.9 Å². The van der Waals surface area contributed by atoms with E-state index in [9.17, 15) is 28.8 Å². The molecule has 0 aromatic heterocycles. The zero-order valence-corrected chi connectivity index (χ0v) is 25.4. The van der Waals surface area contributed by atoms with E-state index in [2.05, 4.69) is 0 Å². The minimum atomic E-state index is -2.83. The molecular formula is C32H37NO10. The van der Waals surface area contributed by atoms with Crippen LogP contribution in [0.4, 0.5) is 0 Å². The number of rotatable bonds is 10. The Labute approximate surface area is 250 Å². The van der Waals surface area contributed by atoms with Crippen LogP contribution in [0.2, 0.25) is 0 Å². The van der Waals surface area contributed by atoms with Crippen LogP contribution in [-0.2, 0) is 60.9 Å². The maximum Gasteiger partial charge on any atom is 0.345 e. The van der Waals surface area contributed by atoms with Gasteiger partial charge in [0, 0.05) is 0 Å². The zero-order valence-electron chi connectivity index (χ0n) is 25.4. The van der Waals surface area contributed by atoms with E-state index in [1.807, 2.05) is 0 Å². The van der Waals surface area contributed by atoms with Crippen molar-refractivity contribution in [3.05, 3.63) is 71.8 Å². The standard InChI is InChI=1S/C32H37NO10/c1-20(34)23-25(35)33(24(26(36)42-30(2,3)4)27(37)43-31(5,6)7)32(23,28(38)40-18-21-14-10-8-11-15-21)29(39)41-19-22-16-12-9-13-17-22/h8-17,23-24H,18-19H2,1-7H3. The number of nitrogens with zero attached hydrogens (tertiary/aromatic N) is 1. The van der Waals surface area contributed by atoms with Crippen molar-refractivity contribution in [3.63, 3.8) is 0 Å². The van der Waals surface area contributed by atoms with Gasteiger partial charge in [0.05, 0.1) is 0 Å². The van der Waals surface area contributed by atoms with Crippen LogP contribution in [0.15, 0.2) is 60.7 Å². The van der Waals surface area contributed by atoms with Crippen molar-refractivity contribution in [1.82, 2.24) is 4.90 Å². The molecule has 0 aliphatic carbocycles. The lowest BCUT2D eigenvalue weighted by Gasteiger charge is -2.53. The second-order valence-electron chi connectivity index (χ2n) is 12.1. The number of benzene rings is 2. The SMILES string of the molecule is CC(=O)C1C(=O)N(C(C(=O)OC(C)(C)C)C(=O)OC(C)(C)C)C1(C(=O)OCc1ccccc1)C(=O)OCc1ccccc1. The molecule has 1 saturated heterocycles. The summed E-state index contributed by atoms with van der Waals surface area (Å²) in [5, 5.41) is 0. The van der Waals surface area contributed by atoms with E-state index in [0.29, 0.717) is 16.0 Å². The lowest BCUT2D eigenvalue weighted by molar-refractivity contribution is -0.216. The monoisotopic (exact) mass is 595 g/mol. The van der Waals surface area contributed by atoms with Gasteiger partial charge in [-0.1, -0.05) is 60.7 Å². The number of hydrogen-bond acceptors (Lipinski definition) is 10. The fourth-order valence-electron chi connectivity index (χ4n) is 4.57. The molecule has 1 atom stereocenters. The lowest BCUT2D eigenvalue weighted by atomic mass is 9.69. The van der Waals surface area contributed by atoms with Gasteiger partial charge in [-0.15, -0.1) is 0 Å². The molecule has 1 aliphatic heterocycles. The lowest BCUT2D eigenvalue weighted by Crippen LogP contribution is -2.83. The topological polar surface area (TPSA) is 143 Å². The number of β-lactam (4-membered cyclic amide) rings is 1. The Morgan fingerprint density at radius 3 is 1.42 bits per heavy atom. The molecule has 0 spiro atoms. The normalized spacial score (nSPS) is 16.1. The summed E-state index contributed by atoms with van der Waals surface area (Å²) in [5.74, 6) is -9.20. The van der Waals surface area contributed by atoms with Crippen LogP contribution in [0.5, 0.6) is 0 Å². The van der Waals surface area contributed by atoms with Gasteiger partial charge in [-0.3, -0.25) is 14.5 Å². The molecule has 11 nitrogen and oxygen atoms in total. The van der Waals surface area contributed by atoms with E-state index in [0.717, 1.165) is 6.92 Å². The molecule has 2 aromatic carbocycles. The van der Waals surface area contributed by atoms with Crippen molar-refractivity contribution < 1.29 is 47.7 Å². The first-order valence-corrected chi connectivity index (χ1v) is 13.7. The number of carbonyl (C=O) groups is 6. The number of hydrogen-bond donors (Lipinski definition) is 0. The molecule has 0 bridgehead atoms. The van der Waals surface area contributed by atoms with Crippen molar-refractivity contribution in [1.29, 1.82) is 0 Å². The highest BCUT2D eigenvalue weighted by molar-refractivity contribution is 6.26. The van der Waals surface area contributed by atoms with E-state index in [4.69, 9.17) is 18.9 Å². The fourth-order valence-corrected chi connectivity index (χ4v) is 4.57. The van der Waals surface area contributed by atoms with Crippen LogP contribution in [-0.4, -0.2) is 63.3 Å². The Morgan fingerprint density at radius 2 is 1.09 bits per heavy atom. The summed E-state index contributed by atoms with van der Waals surface area (Å²) in [7, 11) is 0. The molecule has 43 heavy (non-hydrogen) atoms. The second kappa shape index (κ2) is 12.8. The van der Waals surface area contributed by atoms with Crippen LogP contribution in [0.1, 0.15) is 59.6 Å². The first kappa shape index (κ1) is 33.0. The summed E-state index contributed by atoms with van der Waals surface area (Å²) in [5.41, 5.74) is -4.04. The van der Waals surface area contributed by atoms with Gasteiger partial charge in [0.1, 0.15) is 36.1 Å². The maximum atomic E-state index is 14.0. The number of esters is 4. The van der Waals surface area contributed by atoms with Crippen molar-refractivity contribution >= 4 is 35.6 Å². The van der Waals surface area contributed by atoms with Crippen LogP contribution < -0.4 is 0 Å². The molecule has 1 unspecified atom stereocenters. The molecule has 11 heteroatoms. The summed E-state index contributed by atoms with van der Waals surface area (Å²) in [6.07, 6.45) is 0. The minimum absolute atomic E-state index is 0.344. The fraction of sp³-hybridized carbons (Fsp3) is 0.438. The van der Waals surface area contributed by atoms with Gasteiger partial charge in [0.25, 0.3) is 5.54 Å². The Balaban J connectivity index is 2.16. The molecule has 2 aromatic rings. The molecule has 1 amide bonds. The predicted molar refractivity (Wildman–Crippen MR) is 152 cm³/mol. The third-order valence-corrected chi connectivity index (χ3v) is 6.25. The Bertz CT molecular complexity index is 1290. The summed E-state index contributed by atoms with van der Waals surface area (Å²) in [6.45, 7) is 9.51. The Morgan fingerprint density at radius 1 is 0.721 bits per heavy atom. The first-order valence-electron chi connectivity index (χ1n) is 13.7. The highest BCUT2D eigenvalue weighted by Crippen LogP contribution is 2.44. The predicted octanol–water partition coefficient (Wildman–Crippen LogP) is 3.31. The molecule has 0 N–H and O–H groups in total. The largest absolute Gasteiger partial charge is 0.459 e. The third-order valence-electron chi connectivity index (χ3n) is 6.25. The highest BCUT2D eigenvalue weighted by atomic mass is 16.6. The van der Waals surface area contributed by atoms with Crippen molar-refractivity contribution in [2.75, 3.05) is 0 Å². The molecule has 0 saturated carbocycles. The quantitative estimate of drug-likeness (QED) is 0.174. The van der Waals surface area contributed by atoms with Gasteiger partial charge in [-0.25, -0.2) is 19.2 Å². The smallest absolute Gasteiger partial charge is 0.345 e. The van der Waals surface area contributed by atoms with Crippen LogP contribution in [0.25, 0.3) is 0 Å². The maximum absolute atomic E-state index is 14.0. The molecule has 1 heterocycles. The summed E-state index contributed by atoms with van der Waals surface area (Å²) < 4.78 is 21.8. The van der Waals surface area contributed by atoms with Gasteiger partial charge in [-0.2, -0.15) is 0 Å². The molecule has 1 aliphatic rings. The molecular weight excluding hydrogens is 558 g/mol.